The maximum absolute atomic E-state index is 11.0. The lowest BCUT2D eigenvalue weighted by molar-refractivity contribution is -0.385. The summed E-state index contributed by atoms with van der Waals surface area (Å²) in [6, 6.07) is 3.85. The smallest absolute Gasteiger partial charge is 0.315 e. The second-order valence-corrected chi connectivity index (χ2v) is 5.61. The maximum Gasteiger partial charge on any atom is 0.315 e. The fourth-order valence-corrected chi connectivity index (χ4v) is 2.98. The second-order valence-electron chi connectivity index (χ2n) is 5.61. The molecule has 114 valence electrons. The zero-order chi connectivity index (χ0) is 15.0. The molecule has 1 aromatic carbocycles. The van der Waals surface area contributed by atoms with Crippen LogP contribution in [0.25, 0.3) is 0 Å². The molecule has 7 heteroatoms. The van der Waals surface area contributed by atoms with Gasteiger partial charge >= 0.3 is 5.69 Å². The average Bonchev–Trinajstić information content (AvgIpc) is 2.95. The van der Waals surface area contributed by atoms with E-state index in [1.165, 1.54) is 6.07 Å². The number of ether oxygens (including phenoxy) is 2. The first kappa shape index (κ1) is 13.9. The Morgan fingerprint density at radius 1 is 1.24 bits per heavy atom. The van der Waals surface area contributed by atoms with Crippen molar-refractivity contribution in [2.24, 2.45) is 0 Å². The Bertz CT molecular complexity index is 553. The Morgan fingerprint density at radius 3 is 2.52 bits per heavy atom. The van der Waals surface area contributed by atoms with Crippen molar-refractivity contribution in [2.45, 2.75) is 18.9 Å². The number of nitro groups is 1. The van der Waals surface area contributed by atoms with Crippen molar-refractivity contribution in [3.8, 4) is 11.5 Å². The number of rotatable bonds is 3. The molecule has 0 bridgehead atoms. The van der Waals surface area contributed by atoms with E-state index in [2.05, 4.69) is 23.9 Å². The number of benzene rings is 1. The number of nitrogens with zero attached hydrogens (tertiary/aromatic N) is 3. The standard InChI is InChI=1S/C14H19N3O4/c1-15(2)10-5-7-16(8-6-10)11-3-4-12(17(18)19)14-13(11)20-9-21-14/h3-4,10H,5-9H2,1-2H3. The van der Waals surface area contributed by atoms with Crippen molar-refractivity contribution in [3.63, 3.8) is 0 Å². The summed E-state index contributed by atoms with van der Waals surface area (Å²) in [6.45, 7) is 1.87. The zero-order valence-electron chi connectivity index (χ0n) is 12.2. The molecule has 1 saturated heterocycles. The number of hydrogen-bond donors (Lipinski definition) is 0. The third-order valence-corrected chi connectivity index (χ3v) is 4.21. The van der Waals surface area contributed by atoms with Crippen LogP contribution in [-0.2, 0) is 0 Å². The lowest BCUT2D eigenvalue weighted by atomic mass is 10.0. The Labute approximate surface area is 123 Å². The molecule has 0 radical (unpaired) electrons. The molecule has 1 fully saturated rings. The minimum Gasteiger partial charge on any atom is -0.451 e. The maximum atomic E-state index is 11.0. The first-order valence-corrected chi connectivity index (χ1v) is 7.06. The van der Waals surface area contributed by atoms with Crippen LogP contribution in [0.1, 0.15) is 12.8 Å². The summed E-state index contributed by atoms with van der Waals surface area (Å²) < 4.78 is 10.8. The molecule has 2 heterocycles. The van der Waals surface area contributed by atoms with E-state index in [1.54, 1.807) is 6.07 Å². The van der Waals surface area contributed by atoms with Crippen molar-refractivity contribution in [3.05, 3.63) is 22.2 Å². The lowest BCUT2D eigenvalue weighted by Crippen LogP contribution is -2.42. The van der Waals surface area contributed by atoms with Gasteiger partial charge in [-0.2, -0.15) is 0 Å². The molecular formula is C14H19N3O4. The summed E-state index contributed by atoms with van der Waals surface area (Å²) in [5, 5.41) is 11.0. The molecule has 0 aliphatic carbocycles. The summed E-state index contributed by atoms with van der Waals surface area (Å²) in [6.07, 6.45) is 2.14. The van der Waals surface area contributed by atoms with Gasteiger partial charge in [0, 0.05) is 25.2 Å². The SMILES string of the molecule is CN(C)C1CCN(c2ccc([N+](=O)[O-])c3c2OCO3)CC1. The fraction of sp³-hybridized carbons (Fsp3) is 0.571. The van der Waals surface area contributed by atoms with Gasteiger partial charge in [-0.25, -0.2) is 0 Å². The zero-order valence-corrected chi connectivity index (χ0v) is 12.2. The molecular weight excluding hydrogens is 274 g/mol. The molecule has 0 amide bonds. The van der Waals surface area contributed by atoms with Crippen molar-refractivity contribution in [1.82, 2.24) is 4.90 Å². The van der Waals surface area contributed by atoms with Crippen LogP contribution in [-0.4, -0.2) is 49.8 Å². The minimum atomic E-state index is -0.435. The fourth-order valence-electron chi connectivity index (χ4n) is 2.98. The van der Waals surface area contributed by atoms with Crippen molar-refractivity contribution in [2.75, 3.05) is 38.9 Å². The molecule has 2 aliphatic rings. The summed E-state index contributed by atoms with van der Waals surface area (Å²) in [5.74, 6) is 0.764. The number of anilines is 1. The highest BCUT2D eigenvalue weighted by atomic mass is 16.7. The number of fused-ring (bicyclic) bond motifs is 1. The van der Waals surface area contributed by atoms with Gasteiger partial charge in [0.25, 0.3) is 0 Å². The van der Waals surface area contributed by atoms with Gasteiger partial charge in [0.05, 0.1) is 10.6 Å². The van der Waals surface area contributed by atoms with Crippen molar-refractivity contribution < 1.29 is 14.4 Å². The molecule has 21 heavy (non-hydrogen) atoms. The summed E-state index contributed by atoms with van der Waals surface area (Å²) in [7, 11) is 4.20. The van der Waals surface area contributed by atoms with Gasteiger partial charge in [-0.15, -0.1) is 0 Å². The van der Waals surface area contributed by atoms with Gasteiger partial charge in [0.15, 0.2) is 5.75 Å². The Kier molecular flexibility index (Phi) is 3.59. The normalized spacial score (nSPS) is 18.3. The third-order valence-electron chi connectivity index (χ3n) is 4.21. The molecule has 0 N–H and O–H groups in total. The molecule has 1 aromatic rings. The number of hydrogen-bond acceptors (Lipinski definition) is 6. The van der Waals surface area contributed by atoms with Gasteiger partial charge in [-0.1, -0.05) is 0 Å². The van der Waals surface area contributed by atoms with E-state index in [4.69, 9.17) is 9.47 Å². The van der Waals surface area contributed by atoms with Crippen molar-refractivity contribution in [1.29, 1.82) is 0 Å². The highest BCUT2D eigenvalue weighted by Gasteiger charge is 2.31. The first-order valence-electron chi connectivity index (χ1n) is 7.06. The van der Waals surface area contributed by atoms with Crippen molar-refractivity contribution >= 4 is 11.4 Å². The van der Waals surface area contributed by atoms with Gasteiger partial charge in [0.1, 0.15) is 0 Å². The molecule has 0 unspecified atom stereocenters. The monoisotopic (exact) mass is 293 g/mol. The largest absolute Gasteiger partial charge is 0.451 e. The van der Waals surface area contributed by atoms with Crippen LogP contribution in [0.3, 0.4) is 0 Å². The van der Waals surface area contributed by atoms with E-state index in [0.717, 1.165) is 31.6 Å². The van der Waals surface area contributed by atoms with E-state index >= 15 is 0 Å². The van der Waals surface area contributed by atoms with E-state index in [1.807, 2.05) is 0 Å². The van der Waals surface area contributed by atoms with Crippen LogP contribution in [0.2, 0.25) is 0 Å². The first-order chi connectivity index (χ1) is 10.1. The van der Waals surface area contributed by atoms with Gasteiger partial charge in [-0.3, -0.25) is 10.1 Å². The van der Waals surface area contributed by atoms with Crippen LogP contribution in [0, 0.1) is 10.1 Å². The number of piperidine rings is 1. The molecule has 0 atom stereocenters. The molecule has 7 nitrogen and oxygen atoms in total. The third kappa shape index (κ3) is 2.49. The Morgan fingerprint density at radius 2 is 1.90 bits per heavy atom. The molecule has 0 spiro atoms. The van der Waals surface area contributed by atoms with Crippen LogP contribution in [0.4, 0.5) is 11.4 Å². The lowest BCUT2D eigenvalue weighted by Gasteiger charge is -2.36. The van der Waals surface area contributed by atoms with Crippen LogP contribution >= 0.6 is 0 Å². The molecule has 3 rings (SSSR count). The van der Waals surface area contributed by atoms with Crippen LogP contribution in [0.5, 0.6) is 11.5 Å². The highest BCUT2D eigenvalue weighted by molar-refractivity contribution is 5.72. The van der Waals surface area contributed by atoms with Crippen LogP contribution < -0.4 is 14.4 Å². The molecule has 2 aliphatic heterocycles. The predicted molar refractivity (Wildman–Crippen MR) is 78.1 cm³/mol. The van der Waals surface area contributed by atoms with E-state index in [-0.39, 0.29) is 18.2 Å². The average molecular weight is 293 g/mol. The summed E-state index contributed by atoms with van der Waals surface area (Å²) in [5.41, 5.74) is 0.861. The highest BCUT2D eigenvalue weighted by Crippen LogP contribution is 2.47. The van der Waals surface area contributed by atoms with Crippen LogP contribution in [0.15, 0.2) is 12.1 Å². The van der Waals surface area contributed by atoms with E-state index in [0.29, 0.717) is 11.8 Å². The minimum absolute atomic E-state index is 0.0329. The Balaban J connectivity index is 1.84. The summed E-state index contributed by atoms with van der Waals surface area (Å²) >= 11 is 0. The van der Waals surface area contributed by atoms with Gasteiger partial charge < -0.3 is 19.3 Å². The van der Waals surface area contributed by atoms with Gasteiger partial charge in [-0.05, 0) is 33.0 Å². The molecule has 0 aromatic heterocycles. The number of nitro benzene ring substituents is 1. The van der Waals surface area contributed by atoms with E-state index in [9.17, 15) is 10.1 Å². The van der Waals surface area contributed by atoms with Gasteiger partial charge in [0.2, 0.25) is 12.5 Å². The summed E-state index contributed by atoms with van der Waals surface area (Å²) in [4.78, 5) is 15.0. The quantitative estimate of drug-likeness (QED) is 0.626. The Hall–Kier alpha value is -2.02. The molecule has 0 saturated carbocycles. The van der Waals surface area contributed by atoms with E-state index < -0.39 is 4.92 Å². The predicted octanol–water partition coefficient (Wildman–Crippen LogP) is 1.85. The second kappa shape index (κ2) is 5.40. The topological polar surface area (TPSA) is 68.1 Å².